The summed E-state index contributed by atoms with van der Waals surface area (Å²) in [6, 6.07) is 0. The van der Waals surface area contributed by atoms with Crippen LogP contribution in [0.2, 0.25) is 177 Å². The van der Waals surface area contributed by atoms with Crippen molar-refractivity contribution in [3.05, 3.63) is 0 Å². The van der Waals surface area contributed by atoms with Gasteiger partial charge in [0.2, 0.25) is 0 Å². The van der Waals surface area contributed by atoms with E-state index >= 15 is 0 Å². The zero-order valence-electron chi connectivity index (χ0n) is 45.4. The van der Waals surface area contributed by atoms with Crippen molar-refractivity contribution in [3.63, 3.8) is 0 Å². The maximum Gasteiger partial charge on any atom is 0.531 e. The van der Waals surface area contributed by atoms with Gasteiger partial charge < -0.3 is 65.5 Å². The summed E-state index contributed by atoms with van der Waals surface area (Å²) >= 11 is 0. The number of rotatable bonds is 27. The fourth-order valence-electron chi connectivity index (χ4n) is 8.24. The normalized spacial score (nSPS) is 17.9. The molecule has 0 heterocycles. The van der Waals surface area contributed by atoms with Crippen LogP contribution >= 0.6 is 0 Å². The van der Waals surface area contributed by atoms with Crippen molar-refractivity contribution in [1.29, 1.82) is 0 Å². The number of nitrogens with zero attached hydrogens (tertiary/aromatic N) is 1. The van der Waals surface area contributed by atoms with Crippen molar-refractivity contribution in [2.45, 2.75) is 234 Å². The van der Waals surface area contributed by atoms with Gasteiger partial charge in [0.1, 0.15) is 0 Å². The highest BCUT2D eigenvalue weighted by molar-refractivity contribution is 6.93. The van der Waals surface area contributed by atoms with E-state index in [9.17, 15) is 0 Å². The van der Waals surface area contributed by atoms with Crippen molar-refractivity contribution < 1.29 is 65.5 Å². The third kappa shape index (κ3) is 22.4. The molecule has 60 heavy (non-hydrogen) atoms. The number of halogens is 1. The van der Waals surface area contributed by atoms with E-state index in [1.807, 2.05) is 0 Å². The molecule has 0 aromatic rings. The van der Waals surface area contributed by atoms with Gasteiger partial charge in [0, 0.05) is 19.3 Å². The quantitative estimate of drug-likeness (QED) is 0.0454. The highest BCUT2D eigenvalue weighted by atomic mass is 127. The molecule has 0 rings (SSSR count). The molecule has 10 nitrogen and oxygen atoms in total. The molecule has 23 heteroatoms. The van der Waals surface area contributed by atoms with Gasteiger partial charge in [-0.1, -0.05) is 20.8 Å². The second-order valence-electron chi connectivity index (χ2n) is 25.7. The molecular formula is C37H102INO9Si12. The summed E-state index contributed by atoms with van der Waals surface area (Å²) in [5, 5.41) is 0. The molecule has 0 saturated carbocycles. The van der Waals surface area contributed by atoms with Gasteiger partial charge >= 0.3 is 26.4 Å². The summed E-state index contributed by atoms with van der Waals surface area (Å²) in [4.78, 5) is 0. The van der Waals surface area contributed by atoms with Crippen LogP contribution in [0.5, 0.6) is 0 Å². The molecular weight excluding hydrogens is 1070 g/mol. The highest BCUT2D eigenvalue weighted by Crippen LogP contribution is 2.47. The standard InChI is InChI=1S/C37H102NO9Si12.HI/c1-32-35(57(39-48(5,6)7,40-49(8,9)10)41-50(11,12)13)38(4,36(33-2)58(42-51(14,15)16,43-52(17,18)19)44-53(20,21)22)37(34-3)59(45-54(23,24)25,46-55(26,27)28)47-56(29,30)31;/h35-37H,32-34H2,1-31H3;1H/q+1;/p-1. The molecule has 3 unspecified atom stereocenters. The van der Waals surface area contributed by atoms with Gasteiger partial charge in [0.05, 0.1) is 7.05 Å². The molecule has 0 aliphatic heterocycles. The van der Waals surface area contributed by atoms with E-state index in [4.69, 9.17) is 37.0 Å². The van der Waals surface area contributed by atoms with Crippen molar-refractivity contribution in [2.75, 3.05) is 7.05 Å². The van der Waals surface area contributed by atoms with Gasteiger partial charge in [-0.25, -0.2) is 0 Å². The Morgan fingerprint density at radius 2 is 0.367 bits per heavy atom. The zero-order chi connectivity index (χ0) is 47.7. The molecule has 0 N–H and O–H groups in total. The first-order valence-electron chi connectivity index (χ1n) is 22.6. The van der Waals surface area contributed by atoms with E-state index in [0.717, 1.165) is 19.3 Å². The van der Waals surface area contributed by atoms with E-state index in [2.05, 4.69) is 205 Å². The van der Waals surface area contributed by atoms with E-state index < -0.39 is 101 Å². The lowest BCUT2D eigenvalue weighted by Gasteiger charge is -2.62. The fourth-order valence-corrected chi connectivity index (χ4v) is 53.8. The first kappa shape index (κ1) is 65.0. The zero-order valence-corrected chi connectivity index (χ0v) is 59.5. The summed E-state index contributed by atoms with van der Waals surface area (Å²) in [6.45, 7) is 69.1. The molecule has 0 saturated heterocycles. The average Bonchev–Trinajstić information content (AvgIpc) is 2.79. The average molecular weight is 1170 g/mol. The van der Waals surface area contributed by atoms with Crippen LogP contribution in [0.25, 0.3) is 0 Å². The molecule has 3 atom stereocenters. The maximum atomic E-state index is 7.82. The van der Waals surface area contributed by atoms with Crippen molar-refractivity contribution in [1.82, 2.24) is 0 Å². The SMILES string of the molecule is CCC([N+](C)(C(CC)[Si](O[Si](C)(C)C)(O[Si](C)(C)C)O[Si](C)(C)C)C(CC)[Si](O[Si](C)(C)C)(O[Si](C)(C)C)O[Si](C)(C)C)[Si](O[Si](C)(C)C)(O[Si](C)(C)C)O[Si](C)(C)C.[I-]. The molecule has 0 aromatic carbocycles. The van der Waals surface area contributed by atoms with Crippen LogP contribution in [0.3, 0.4) is 0 Å². The van der Waals surface area contributed by atoms with Gasteiger partial charge in [0.25, 0.3) is 0 Å². The predicted molar refractivity (Wildman–Crippen MR) is 286 cm³/mol. The van der Waals surface area contributed by atoms with Crippen LogP contribution in [0, 0.1) is 0 Å². The summed E-state index contributed by atoms with van der Waals surface area (Å²) in [6.07, 6.45) is 2.26. The van der Waals surface area contributed by atoms with E-state index in [1.54, 1.807) is 0 Å². The first-order valence-corrected chi connectivity index (χ1v) is 58.7. The van der Waals surface area contributed by atoms with Crippen LogP contribution in [0.15, 0.2) is 0 Å². The molecule has 0 aliphatic rings. The second-order valence-corrected chi connectivity index (χ2v) is 76.7. The van der Waals surface area contributed by atoms with E-state index in [1.165, 1.54) is 0 Å². The topological polar surface area (TPSA) is 83.1 Å². The Kier molecular flexibility index (Phi) is 24.0. The Bertz CT molecular complexity index is 1030. The number of quaternary nitrogens is 1. The van der Waals surface area contributed by atoms with Gasteiger partial charge in [0.15, 0.2) is 91.9 Å². The largest absolute Gasteiger partial charge is 1.00 e. The van der Waals surface area contributed by atoms with Crippen molar-refractivity contribution in [3.8, 4) is 0 Å². The van der Waals surface area contributed by atoms with Gasteiger partial charge in [-0.05, 0) is 177 Å². The number of hydrogen-bond donors (Lipinski definition) is 0. The highest BCUT2D eigenvalue weighted by Gasteiger charge is 2.76. The lowest BCUT2D eigenvalue weighted by molar-refractivity contribution is -0.954. The predicted octanol–water partition coefficient (Wildman–Crippen LogP) is 9.87. The third-order valence-electron chi connectivity index (χ3n) is 8.44. The van der Waals surface area contributed by atoms with Crippen LogP contribution in [0.1, 0.15) is 40.0 Å². The molecule has 0 radical (unpaired) electrons. The molecule has 0 spiro atoms. The smallest absolute Gasteiger partial charge is 0.531 e. The fraction of sp³-hybridized carbons (Fsp3) is 1.00. The minimum atomic E-state index is -3.70. The lowest BCUT2D eigenvalue weighted by Crippen LogP contribution is -3.00. The first-order chi connectivity index (χ1) is 25.4. The Hall–Kier alpha value is 2.93. The molecule has 0 aromatic heterocycles. The summed E-state index contributed by atoms with van der Waals surface area (Å²) in [7, 11) is -29.7. The van der Waals surface area contributed by atoms with Crippen LogP contribution in [-0.4, -0.2) is 130 Å². The summed E-state index contributed by atoms with van der Waals surface area (Å²) < 4.78 is 70.9. The minimum Gasteiger partial charge on any atom is -1.00 e. The summed E-state index contributed by atoms with van der Waals surface area (Å²) in [5.74, 6) is 0. The molecule has 0 aliphatic carbocycles. The molecule has 364 valence electrons. The minimum absolute atomic E-state index is 0. The summed E-state index contributed by atoms with van der Waals surface area (Å²) in [5.41, 5.74) is -0.701. The van der Waals surface area contributed by atoms with Crippen LogP contribution < -0.4 is 24.0 Å². The second kappa shape index (κ2) is 22.1. The maximum absolute atomic E-state index is 7.82. The van der Waals surface area contributed by atoms with Gasteiger partial charge in [-0.2, -0.15) is 0 Å². The Labute approximate surface area is 404 Å². The van der Waals surface area contributed by atoms with Crippen molar-refractivity contribution in [2.24, 2.45) is 0 Å². The Balaban J connectivity index is 0. The third-order valence-corrected chi connectivity index (χ3v) is 46.1. The van der Waals surface area contributed by atoms with Crippen LogP contribution in [-0.2, 0) is 37.0 Å². The van der Waals surface area contributed by atoms with Gasteiger partial charge in [-0.15, -0.1) is 0 Å². The van der Waals surface area contributed by atoms with Crippen LogP contribution in [0.4, 0.5) is 0 Å². The van der Waals surface area contributed by atoms with Gasteiger partial charge in [-0.3, -0.25) is 0 Å². The number of hydrogen-bond acceptors (Lipinski definition) is 9. The monoisotopic (exact) mass is 1170 g/mol. The Morgan fingerprint density at radius 3 is 0.433 bits per heavy atom. The Morgan fingerprint density at radius 1 is 0.267 bits per heavy atom. The lowest BCUT2D eigenvalue weighted by atomic mass is 10.2. The molecule has 0 bridgehead atoms. The van der Waals surface area contributed by atoms with Crippen molar-refractivity contribution >= 4 is 101 Å². The van der Waals surface area contributed by atoms with E-state index in [-0.39, 0.29) is 41.0 Å². The van der Waals surface area contributed by atoms with E-state index in [0.29, 0.717) is 4.48 Å². The molecule has 0 fully saturated rings. The molecule has 0 amide bonds.